The lowest BCUT2D eigenvalue weighted by atomic mass is 10.1. The van der Waals surface area contributed by atoms with Crippen molar-refractivity contribution in [2.45, 2.75) is 10.9 Å². The van der Waals surface area contributed by atoms with E-state index < -0.39 is 16.9 Å². The van der Waals surface area contributed by atoms with Crippen LogP contribution in [0.15, 0.2) is 66.7 Å². The van der Waals surface area contributed by atoms with E-state index in [1.165, 1.54) is 0 Å². The fourth-order valence-corrected chi connectivity index (χ4v) is 1.94. The Morgan fingerprint density at radius 3 is 2.24 bits per heavy atom. The van der Waals surface area contributed by atoms with Crippen LogP contribution in [0.2, 0.25) is 0 Å². The maximum Gasteiger partial charge on any atom is 0.328 e. The lowest BCUT2D eigenvalue weighted by Gasteiger charge is -2.13. The summed E-state index contributed by atoms with van der Waals surface area (Å²) < 4.78 is 5.17. The third-order valence-electron chi connectivity index (χ3n) is 2.77. The Hall–Kier alpha value is -1.91. The van der Waals surface area contributed by atoms with Crippen LogP contribution < -0.4 is 4.74 Å². The summed E-state index contributed by atoms with van der Waals surface area (Å²) in [5.41, 5.74) is 0.952. The Morgan fingerprint density at radius 2 is 1.62 bits per heavy atom. The van der Waals surface area contributed by atoms with Gasteiger partial charge in [0.05, 0.1) is 6.10 Å². The van der Waals surface area contributed by atoms with Crippen LogP contribution in [0.4, 0.5) is 0 Å². The molecular formula is C17H15BrO3. The number of aliphatic hydroxyl groups is 1. The highest BCUT2D eigenvalue weighted by Crippen LogP contribution is 2.15. The summed E-state index contributed by atoms with van der Waals surface area (Å²) in [6, 6.07) is 18.3. The second-order valence-electron chi connectivity index (χ2n) is 4.40. The van der Waals surface area contributed by atoms with E-state index in [2.05, 4.69) is 15.9 Å². The van der Waals surface area contributed by atoms with Gasteiger partial charge in [-0.15, -0.1) is 0 Å². The highest BCUT2D eigenvalue weighted by molar-refractivity contribution is 9.10. The molecule has 0 bridgehead atoms. The van der Waals surface area contributed by atoms with Gasteiger partial charge in [-0.2, -0.15) is 0 Å². The molecule has 0 aliphatic rings. The zero-order valence-corrected chi connectivity index (χ0v) is 12.8. The van der Waals surface area contributed by atoms with Crippen molar-refractivity contribution in [2.75, 3.05) is 0 Å². The predicted octanol–water partition coefficient (Wildman–Crippen LogP) is 3.43. The SMILES string of the molecule is O=C(Oc1ccccc1)C(Br)C(O)/C=C/c1ccccc1. The summed E-state index contributed by atoms with van der Waals surface area (Å²) in [7, 11) is 0. The van der Waals surface area contributed by atoms with E-state index in [0.29, 0.717) is 5.75 Å². The molecule has 2 aromatic rings. The van der Waals surface area contributed by atoms with E-state index in [-0.39, 0.29) is 0 Å². The van der Waals surface area contributed by atoms with E-state index in [9.17, 15) is 9.90 Å². The highest BCUT2D eigenvalue weighted by atomic mass is 79.9. The zero-order valence-electron chi connectivity index (χ0n) is 11.2. The molecule has 0 aliphatic heterocycles. The summed E-state index contributed by atoms with van der Waals surface area (Å²) in [6.45, 7) is 0. The summed E-state index contributed by atoms with van der Waals surface area (Å²) >= 11 is 3.16. The molecule has 0 amide bonds. The van der Waals surface area contributed by atoms with Gasteiger partial charge in [0.1, 0.15) is 10.6 Å². The maximum atomic E-state index is 11.9. The summed E-state index contributed by atoms with van der Waals surface area (Å²) in [5, 5.41) is 9.99. The summed E-state index contributed by atoms with van der Waals surface area (Å²) in [6.07, 6.45) is 2.34. The number of halogens is 1. The maximum absolute atomic E-state index is 11.9. The molecule has 2 aromatic carbocycles. The van der Waals surface area contributed by atoms with Crippen molar-refractivity contribution < 1.29 is 14.6 Å². The Morgan fingerprint density at radius 1 is 1.05 bits per heavy atom. The smallest absolute Gasteiger partial charge is 0.328 e. The van der Waals surface area contributed by atoms with Gasteiger partial charge in [0.15, 0.2) is 0 Å². The van der Waals surface area contributed by atoms with Crippen LogP contribution in [0, 0.1) is 0 Å². The third-order valence-corrected chi connectivity index (χ3v) is 3.69. The Balaban J connectivity index is 1.94. The Labute approximate surface area is 132 Å². The molecule has 0 saturated heterocycles. The van der Waals surface area contributed by atoms with E-state index in [1.807, 2.05) is 36.4 Å². The number of esters is 1. The first-order valence-corrected chi connectivity index (χ1v) is 7.40. The van der Waals surface area contributed by atoms with Gasteiger partial charge in [0.2, 0.25) is 0 Å². The second-order valence-corrected chi connectivity index (χ2v) is 5.38. The quantitative estimate of drug-likeness (QED) is 0.512. The number of hydrogen-bond donors (Lipinski definition) is 1. The average Bonchev–Trinajstić information content (AvgIpc) is 2.53. The molecule has 108 valence electrons. The van der Waals surface area contributed by atoms with Crippen LogP contribution in [0.5, 0.6) is 5.75 Å². The largest absolute Gasteiger partial charge is 0.426 e. The molecule has 0 fully saturated rings. The van der Waals surface area contributed by atoms with Gasteiger partial charge >= 0.3 is 5.97 Å². The normalized spacial score (nSPS) is 13.8. The molecule has 4 heteroatoms. The number of carbonyl (C=O) groups is 1. The molecule has 0 aliphatic carbocycles. The van der Waals surface area contributed by atoms with Crippen molar-refractivity contribution >= 4 is 28.0 Å². The molecule has 3 nitrogen and oxygen atoms in total. The van der Waals surface area contributed by atoms with Crippen LogP contribution in [-0.4, -0.2) is 22.0 Å². The zero-order chi connectivity index (χ0) is 15.1. The van der Waals surface area contributed by atoms with Gasteiger partial charge in [0.25, 0.3) is 0 Å². The molecule has 0 heterocycles. The average molecular weight is 347 g/mol. The fraction of sp³-hybridized carbons (Fsp3) is 0.118. The molecule has 1 N–H and O–H groups in total. The van der Waals surface area contributed by atoms with Crippen LogP contribution in [0.1, 0.15) is 5.56 Å². The number of benzene rings is 2. The number of hydrogen-bond acceptors (Lipinski definition) is 3. The van der Waals surface area contributed by atoms with Gasteiger partial charge in [-0.25, -0.2) is 0 Å². The molecular weight excluding hydrogens is 332 g/mol. The van der Waals surface area contributed by atoms with Crippen molar-refractivity contribution in [3.8, 4) is 5.75 Å². The van der Waals surface area contributed by atoms with Gasteiger partial charge in [0, 0.05) is 0 Å². The standard InChI is InChI=1S/C17H15BrO3/c18-16(17(20)21-14-9-5-2-6-10-14)15(19)12-11-13-7-3-1-4-8-13/h1-12,15-16,19H/b12-11+. The van der Waals surface area contributed by atoms with E-state index >= 15 is 0 Å². The number of alkyl halides is 1. The molecule has 2 atom stereocenters. The van der Waals surface area contributed by atoms with Crippen molar-refractivity contribution in [1.82, 2.24) is 0 Å². The van der Waals surface area contributed by atoms with Gasteiger partial charge < -0.3 is 9.84 Å². The minimum atomic E-state index is -0.971. The minimum absolute atomic E-state index is 0.450. The first-order chi connectivity index (χ1) is 10.2. The van der Waals surface area contributed by atoms with E-state index in [4.69, 9.17) is 4.74 Å². The number of rotatable bonds is 5. The number of carbonyl (C=O) groups excluding carboxylic acids is 1. The van der Waals surface area contributed by atoms with Crippen molar-refractivity contribution in [1.29, 1.82) is 0 Å². The van der Waals surface area contributed by atoms with Gasteiger partial charge in [-0.05, 0) is 17.7 Å². The van der Waals surface area contributed by atoms with Crippen LogP contribution in [-0.2, 0) is 4.79 Å². The van der Waals surface area contributed by atoms with E-state index in [1.54, 1.807) is 36.4 Å². The van der Waals surface area contributed by atoms with Crippen LogP contribution in [0.25, 0.3) is 6.08 Å². The topological polar surface area (TPSA) is 46.5 Å². The van der Waals surface area contributed by atoms with Crippen LogP contribution >= 0.6 is 15.9 Å². The fourth-order valence-electron chi connectivity index (χ4n) is 1.67. The molecule has 2 rings (SSSR count). The lowest BCUT2D eigenvalue weighted by molar-refractivity contribution is -0.134. The predicted molar refractivity (Wildman–Crippen MR) is 86.3 cm³/mol. The summed E-state index contributed by atoms with van der Waals surface area (Å²) in [4.78, 5) is 11.1. The third kappa shape index (κ3) is 4.85. The van der Waals surface area contributed by atoms with Gasteiger partial charge in [-0.3, -0.25) is 4.79 Å². The van der Waals surface area contributed by atoms with Crippen LogP contribution in [0.3, 0.4) is 0 Å². The van der Waals surface area contributed by atoms with Gasteiger partial charge in [-0.1, -0.05) is 76.6 Å². The Bertz CT molecular complexity index is 596. The number of para-hydroxylation sites is 1. The van der Waals surface area contributed by atoms with Crippen molar-refractivity contribution in [2.24, 2.45) is 0 Å². The first kappa shape index (κ1) is 15.5. The van der Waals surface area contributed by atoms with Crippen molar-refractivity contribution in [3.63, 3.8) is 0 Å². The van der Waals surface area contributed by atoms with E-state index in [0.717, 1.165) is 5.56 Å². The molecule has 0 aromatic heterocycles. The number of ether oxygens (including phenoxy) is 1. The Kier molecular flexibility index (Phi) is 5.72. The first-order valence-electron chi connectivity index (χ1n) is 6.49. The molecule has 2 unspecified atom stereocenters. The summed E-state index contributed by atoms with van der Waals surface area (Å²) in [5.74, 6) is -0.0856. The monoisotopic (exact) mass is 346 g/mol. The minimum Gasteiger partial charge on any atom is -0.426 e. The molecule has 21 heavy (non-hydrogen) atoms. The van der Waals surface area contributed by atoms with Crippen molar-refractivity contribution in [3.05, 3.63) is 72.3 Å². The second kappa shape index (κ2) is 7.76. The molecule has 0 radical (unpaired) electrons. The molecule has 0 saturated carbocycles. The molecule has 0 spiro atoms. The number of aliphatic hydroxyl groups excluding tert-OH is 1. The lowest BCUT2D eigenvalue weighted by Crippen LogP contribution is -2.30. The highest BCUT2D eigenvalue weighted by Gasteiger charge is 2.23.